The van der Waals surface area contributed by atoms with Crippen molar-refractivity contribution in [1.82, 2.24) is 14.8 Å². The van der Waals surface area contributed by atoms with Gasteiger partial charge in [0.05, 0.1) is 13.7 Å². The van der Waals surface area contributed by atoms with E-state index in [1.807, 2.05) is 49.6 Å². The van der Waals surface area contributed by atoms with E-state index in [2.05, 4.69) is 5.32 Å². The summed E-state index contributed by atoms with van der Waals surface area (Å²) in [5.41, 5.74) is 2.29. The first-order chi connectivity index (χ1) is 16.2. The number of methoxy groups -OCH3 is 1. The maximum atomic E-state index is 13.4. The number of amides is 3. The summed E-state index contributed by atoms with van der Waals surface area (Å²) >= 11 is 6.13. The van der Waals surface area contributed by atoms with Crippen LogP contribution in [0, 0.1) is 13.8 Å². The number of benzene rings is 2. The van der Waals surface area contributed by atoms with Gasteiger partial charge in [-0.1, -0.05) is 30.7 Å². The quantitative estimate of drug-likeness (QED) is 0.390. The summed E-state index contributed by atoms with van der Waals surface area (Å²) in [6.45, 7) is 5.22. The minimum Gasteiger partial charge on any atom is -0.497 e. The predicted molar refractivity (Wildman–Crippen MR) is 130 cm³/mol. The third-order valence-electron chi connectivity index (χ3n) is 6.39. The van der Waals surface area contributed by atoms with Crippen LogP contribution < -0.4 is 10.1 Å². The molecule has 3 aromatic rings. The van der Waals surface area contributed by atoms with Crippen LogP contribution in [0.25, 0.3) is 5.69 Å². The number of nitrogens with zero attached hydrogens (tertiary/aromatic N) is 2. The Morgan fingerprint density at radius 3 is 2.41 bits per heavy atom. The van der Waals surface area contributed by atoms with Crippen LogP contribution in [0.3, 0.4) is 0 Å². The molecule has 1 aliphatic heterocycles. The smallest absolute Gasteiger partial charge is 0.325 e. The van der Waals surface area contributed by atoms with Gasteiger partial charge in [0.25, 0.3) is 5.91 Å². The van der Waals surface area contributed by atoms with Crippen molar-refractivity contribution in [2.75, 3.05) is 13.7 Å². The Morgan fingerprint density at radius 2 is 1.79 bits per heavy atom. The average molecular weight is 480 g/mol. The molecule has 0 unspecified atom stereocenters. The molecule has 0 spiro atoms. The van der Waals surface area contributed by atoms with Crippen molar-refractivity contribution in [3.05, 3.63) is 82.1 Å². The number of carbonyl (C=O) groups is 3. The SMILES string of the molecule is CC[C@@]1(c2cccc(Cl)c2)NC(=O)N(CC(=O)c2cc(C)n(-c3ccc(OC)cc3)c2C)C1=O. The number of hydrogen-bond acceptors (Lipinski definition) is 4. The van der Waals surface area contributed by atoms with Crippen LogP contribution in [-0.4, -0.2) is 40.8 Å². The maximum absolute atomic E-state index is 13.4. The highest BCUT2D eigenvalue weighted by Gasteiger charge is 2.51. The van der Waals surface area contributed by atoms with Crippen molar-refractivity contribution in [1.29, 1.82) is 0 Å². The number of nitrogens with one attached hydrogen (secondary N) is 1. The van der Waals surface area contributed by atoms with Gasteiger partial charge in [-0.25, -0.2) is 4.79 Å². The minimum atomic E-state index is -1.25. The molecule has 34 heavy (non-hydrogen) atoms. The third-order valence-corrected chi connectivity index (χ3v) is 6.62. The number of carbonyl (C=O) groups excluding carboxylic acids is 3. The van der Waals surface area contributed by atoms with E-state index in [-0.39, 0.29) is 12.3 Å². The molecular formula is C26H26ClN3O4. The van der Waals surface area contributed by atoms with Gasteiger partial charge in [0, 0.05) is 27.7 Å². The van der Waals surface area contributed by atoms with E-state index in [4.69, 9.17) is 16.3 Å². The number of halogens is 1. The van der Waals surface area contributed by atoms with Crippen molar-refractivity contribution in [2.45, 2.75) is 32.7 Å². The zero-order valence-electron chi connectivity index (χ0n) is 19.5. The molecule has 2 aromatic carbocycles. The summed E-state index contributed by atoms with van der Waals surface area (Å²) in [4.78, 5) is 40.5. The molecule has 8 heteroatoms. The van der Waals surface area contributed by atoms with Gasteiger partial charge >= 0.3 is 6.03 Å². The summed E-state index contributed by atoms with van der Waals surface area (Å²) in [6.07, 6.45) is 0.328. The van der Waals surface area contributed by atoms with Crippen molar-refractivity contribution in [3.63, 3.8) is 0 Å². The van der Waals surface area contributed by atoms with Crippen LogP contribution in [0.2, 0.25) is 5.02 Å². The molecule has 1 atom stereocenters. The van der Waals surface area contributed by atoms with Crippen molar-refractivity contribution >= 4 is 29.3 Å². The second-order valence-electron chi connectivity index (χ2n) is 8.33. The first-order valence-corrected chi connectivity index (χ1v) is 11.4. The van der Waals surface area contributed by atoms with Gasteiger partial charge in [-0.05, 0) is 68.3 Å². The molecule has 0 bridgehead atoms. The Hall–Kier alpha value is -3.58. The van der Waals surface area contributed by atoms with Gasteiger partial charge < -0.3 is 14.6 Å². The normalized spacial score (nSPS) is 17.7. The fraction of sp³-hybridized carbons (Fsp3) is 0.269. The van der Waals surface area contributed by atoms with E-state index in [1.165, 1.54) is 0 Å². The minimum absolute atomic E-state index is 0.311. The second-order valence-corrected chi connectivity index (χ2v) is 8.77. The lowest BCUT2D eigenvalue weighted by molar-refractivity contribution is -0.131. The van der Waals surface area contributed by atoms with E-state index < -0.39 is 17.5 Å². The van der Waals surface area contributed by atoms with E-state index in [1.54, 1.807) is 37.4 Å². The zero-order chi connectivity index (χ0) is 24.6. The molecule has 0 radical (unpaired) electrons. The van der Waals surface area contributed by atoms with Gasteiger partial charge in [-0.2, -0.15) is 0 Å². The van der Waals surface area contributed by atoms with Crippen LogP contribution in [-0.2, 0) is 10.3 Å². The maximum Gasteiger partial charge on any atom is 0.325 e. The number of aromatic nitrogens is 1. The first-order valence-electron chi connectivity index (χ1n) is 11.0. The Bertz CT molecular complexity index is 1280. The largest absolute Gasteiger partial charge is 0.497 e. The van der Waals surface area contributed by atoms with Crippen molar-refractivity contribution in [3.8, 4) is 11.4 Å². The van der Waals surface area contributed by atoms with E-state index in [0.29, 0.717) is 22.6 Å². The number of hydrogen-bond donors (Lipinski definition) is 1. The Balaban J connectivity index is 1.62. The molecule has 4 rings (SSSR count). The number of ether oxygens (including phenoxy) is 1. The molecular weight excluding hydrogens is 454 g/mol. The molecule has 0 saturated carbocycles. The van der Waals surface area contributed by atoms with Crippen LogP contribution in [0.5, 0.6) is 5.75 Å². The monoisotopic (exact) mass is 479 g/mol. The van der Waals surface area contributed by atoms with E-state index in [9.17, 15) is 14.4 Å². The molecule has 1 aliphatic rings. The highest BCUT2D eigenvalue weighted by atomic mass is 35.5. The molecule has 2 heterocycles. The Kier molecular flexibility index (Phi) is 6.23. The molecule has 1 saturated heterocycles. The molecule has 1 aromatic heterocycles. The standard InChI is InChI=1S/C26H26ClN3O4/c1-5-26(18-7-6-8-19(27)14-18)24(32)29(25(33)28-26)15-23(31)22-13-16(2)30(17(22)3)20-9-11-21(34-4)12-10-20/h6-14H,5,15H2,1-4H3,(H,28,33)/t26-/m0/s1. The van der Waals surface area contributed by atoms with Gasteiger partial charge in [0.1, 0.15) is 11.3 Å². The summed E-state index contributed by atoms with van der Waals surface area (Å²) in [5.74, 6) is -0.0332. The molecule has 7 nitrogen and oxygen atoms in total. The number of aryl methyl sites for hydroxylation is 1. The Morgan fingerprint density at radius 1 is 1.09 bits per heavy atom. The van der Waals surface area contributed by atoms with Gasteiger partial charge in [-0.3, -0.25) is 14.5 Å². The van der Waals surface area contributed by atoms with Crippen molar-refractivity contribution < 1.29 is 19.1 Å². The summed E-state index contributed by atoms with van der Waals surface area (Å²) in [7, 11) is 1.60. The molecule has 3 amide bonds. The highest BCUT2D eigenvalue weighted by molar-refractivity contribution is 6.30. The first kappa shape index (κ1) is 23.6. The zero-order valence-corrected chi connectivity index (χ0v) is 20.3. The number of ketones is 1. The van der Waals surface area contributed by atoms with Crippen LogP contribution in [0.4, 0.5) is 4.79 Å². The van der Waals surface area contributed by atoms with Crippen LogP contribution in [0.1, 0.15) is 40.7 Å². The number of Topliss-reactive ketones (excluding diaryl/α,β-unsaturated/α-hetero) is 1. The molecule has 176 valence electrons. The molecule has 0 aliphatic carbocycles. The van der Waals surface area contributed by atoms with E-state index in [0.717, 1.165) is 27.7 Å². The average Bonchev–Trinajstić information content (AvgIpc) is 3.26. The van der Waals surface area contributed by atoms with Crippen LogP contribution in [0.15, 0.2) is 54.6 Å². The third kappa shape index (κ3) is 3.86. The topological polar surface area (TPSA) is 80.6 Å². The predicted octanol–water partition coefficient (Wildman–Crippen LogP) is 4.80. The number of urea groups is 1. The lowest BCUT2D eigenvalue weighted by Gasteiger charge is -2.26. The van der Waals surface area contributed by atoms with E-state index >= 15 is 0 Å². The van der Waals surface area contributed by atoms with Crippen molar-refractivity contribution in [2.24, 2.45) is 0 Å². The second kappa shape index (κ2) is 8.99. The summed E-state index contributed by atoms with van der Waals surface area (Å²) in [5, 5.41) is 3.26. The van der Waals surface area contributed by atoms with Crippen LogP contribution >= 0.6 is 11.6 Å². The van der Waals surface area contributed by atoms with Gasteiger partial charge in [0.2, 0.25) is 0 Å². The lowest BCUT2D eigenvalue weighted by atomic mass is 9.87. The molecule has 1 fully saturated rings. The fourth-order valence-electron chi connectivity index (χ4n) is 4.57. The molecule has 1 N–H and O–H groups in total. The fourth-order valence-corrected chi connectivity index (χ4v) is 4.76. The van der Waals surface area contributed by atoms with Gasteiger partial charge in [-0.15, -0.1) is 0 Å². The lowest BCUT2D eigenvalue weighted by Crippen LogP contribution is -2.43. The Labute approximate surface area is 203 Å². The highest BCUT2D eigenvalue weighted by Crippen LogP contribution is 2.34. The number of rotatable bonds is 7. The summed E-state index contributed by atoms with van der Waals surface area (Å²) in [6, 6.07) is 15.6. The van der Waals surface area contributed by atoms with Gasteiger partial charge in [0.15, 0.2) is 5.78 Å². The number of imide groups is 1. The summed E-state index contributed by atoms with van der Waals surface area (Å²) < 4.78 is 7.18.